The van der Waals surface area contributed by atoms with Gasteiger partial charge in [0.2, 0.25) is 0 Å². The van der Waals surface area contributed by atoms with Crippen LogP contribution in [-0.4, -0.2) is 9.97 Å². The summed E-state index contributed by atoms with van der Waals surface area (Å²) in [4.78, 5) is 9.16. The number of fused-ring (bicyclic) bond motifs is 1. The van der Waals surface area contributed by atoms with Gasteiger partial charge >= 0.3 is 0 Å². The summed E-state index contributed by atoms with van der Waals surface area (Å²) >= 11 is 0. The molecule has 1 N–H and O–H groups in total. The monoisotopic (exact) mass is 253 g/mol. The number of anilines is 1. The molecule has 1 aromatic carbocycles. The minimum Gasteiger partial charge on any atom is -0.366 e. The van der Waals surface area contributed by atoms with Gasteiger partial charge in [0.15, 0.2) is 0 Å². The summed E-state index contributed by atoms with van der Waals surface area (Å²) in [6, 6.07) is 10.4. The Bertz CT molecular complexity index is 564. The highest BCUT2D eigenvalue weighted by molar-refractivity contribution is 5.48. The zero-order chi connectivity index (χ0) is 13.1. The highest BCUT2D eigenvalue weighted by atomic mass is 15.0. The largest absolute Gasteiger partial charge is 0.366 e. The topological polar surface area (TPSA) is 37.8 Å². The number of hydrogen-bond donors (Lipinski definition) is 1. The lowest BCUT2D eigenvalue weighted by Gasteiger charge is -2.19. The van der Waals surface area contributed by atoms with Crippen LogP contribution < -0.4 is 5.32 Å². The second-order valence-electron chi connectivity index (χ2n) is 5.09. The van der Waals surface area contributed by atoms with E-state index in [1.807, 2.05) is 13.0 Å². The molecule has 0 bridgehead atoms. The number of nitrogens with zero attached hydrogens (tertiary/aromatic N) is 2. The van der Waals surface area contributed by atoms with E-state index in [1.165, 1.54) is 29.7 Å². The molecule has 2 aromatic rings. The van der Waals surface area contributed by atoms with Crippen molar-refractivity contribution < 1.29 is 0 Å². The van der Waals surface area contributed by atoms with Crippen LogP contribution in [0.25, 0.3) is 0 Å². The van der Waals surface area contributed by atoms with Crippen molar-refractivity contribution in [2.24, 2.45) is 0 Å². The molecular weight excluding hydrogens is 234 g/mol. The van der Waals surface area contributed by atoms with Crippen molar-refractivity contribution in [3.8, 4) is 0 Å². The molecule has 3 heteroatoms. The number of nitrogens with one attached hydrogen (secondary N) is 1. The van der Waals surface area contributed by atoms with Gasteiger partial charge in [-0.15, -0.1) is 0 Å². The Morgan fingerprint density at radius 1 is 1.05 bits per heavy atom. The fourth-order valence-corrected chi connectivity index (χ4v) is 2.65. The van der Waals surface area contributed by atoms with E-state index in [2.05, 4.69) is 39.6 Å². The van der Waals surface area contributed by atoms with Crippen molar-refractivity contribution in [3.05, 3.63) is 53.0 Å². The smallest absolute Gasteiger partial charge is 0.133 e. The van der Waals surface area contributed by atoms with Crippen molar-refractivity contribution in [2.75, 3.05) is 5.32 Å². The van der Waals surface area contributed by atoms with E-state index < -0.39 is 0 Å². The summed E-state index contributed by atoms with van der Waals surface area (Å²) < 4.78 is 0. The number of rotatable bonds is 3. The van der Waals surface area contributed by atoms with Gasteiger partial charge < -0.3 is 5.32 Å². The maximum Gasteiger partial charge on any atom is 0.133 e. The van der Waals surface area contributed by atoms with Crippen LogP contribution >= 0.6 is 0 Å². The van der Waals surface area contributed by atoms with Crippen LogP contribution in [0.1, 0.15) is 35.5 Å². The highest BCUT2D eigenvalue weighted by Gasteiger charge is 2.16. The molecular formula is C16H19N3. The fraction of sp³-hybridized carbons (Fsp3) is 0.375. The van der Waals surface area contributed by atoms with Crippen LogP contribution in [0.5, 0.6) is 0 Å². The molecule has 0 unspecified atom stereocenters. The first-order chi connectivity index (χ1) is 9.33. The van der Waals surface area contributed by atoms with E-state index in [9.17, 15) is 0 Å². The fourth-order valence-electron chi connectivity index (χ4n) is 2.65. The van der Waals surface area contributed by atoms with Crippen molar-refractivity contribution in [3.63, 3.8) is 0 Å². The number of hydrogen-bond acceptors (Lipinski definition) is 3. The Hall–Kier alpha value is -1.90. The third kappa shape index (κ3) is 2.75. The van der Waals surface area contributed by atoms with E-state index in [0.29, 0.717) is 0 Å². The molecule has 1 heterocycles. The summed E-state index contributed by atoms with van der Waals surface area (Å²) in [7, 11) is 0. The maximum atomic E-state index is 4.58. The molecule has 0 atom stereocenters. The molecule has 0 radical (unpaired) electrons. The van der Waals surface area contributed by atoms with E-state index in [0.717, 1.165) is 31.0 Å². The predicted octanol–water partition coefficient (Wildman–Crippen LogP) is 3.28. The van der Waals surface area contributed by atoms with Crippen LogP contribution in [0.15, 0.2) is 30.3 Å². The molecule has 98 valence electrons. The van der Waals surface area contributed by atoms with E-state index in [1.54, 1.807) is 0 Å². The van der Waals surface area contributed by atoms with Gasteiger partial charge in [0, 0.05) is 17.8 Å². The minimum atomic E-state index is 0.823. The van der Waals surface area contributed by atoms with Crippen molar-refractivity contribution >= 4 is 5.82 Å². The lowest BCUT2D eigenvalue weighted by atomic mass is 9.96. The number of aromatic nitrogens is 2. The van der Waals surface area contributed by atoms with Crippen LogP contribution in [0.3, 0.4) is 0 Å². The third-order valence-corrected chi connectivity index (χ3v) is 3.60. The Labute approximate surface area is 114 Å². The zero-order valence-corrected chi connectivity index (χ0v) is 11.3. The van der Waals surface area contributed by atoms with Crippen LogP contribution in [0, 0.1) is 6.92 Å². The van der Waals surface area contributed by atoms with Gasteiger partial charge in [-0.25, -0.2) is 9.97 Å². The number of benzene rings is 1. The average Bonchev–Trinajstić information content (AvgIpc) is 2.45. The summed E-state index contributed by atoms with van der Waals surface area (Å²) in [5.41, 5.74) is 3.85. The van der Waals surface area contributed by atoms with Crippen LogP contribution in [0.2, 0.25) is 0 Å². The van der Waals surface area contributed by atoms with Crippen molar-refractivity contribution in [2.45, 2.75) is 39.2 Å². The van der Waals surface area contributed by atoms with Gasteiger partial charge in [-0.05, 0) is 38.2 Å². The minimum absolute atomic E-state index is 0.823. The Morgan fingerprint density at radius 2 is 1.84 bits per heavy atom. The Kier molecular flexibility index (Phi) is 3.45. The predicted molar refractivity (Wildman–Crippen MR) is 77.2 cm³/mol. The maximum absolute atomic E-state index is 4.58. The molecule has 19 heavy (non-hydrogen) atoms. The standard InChI is InChI=1S/C16H19N3/c1-12-18-15-10-6-5-9-14(15)16(19-12)17-11-13-7-3-2-4-8-13/h2-4,7-8H,5-6,9-11H2,1H3,(H,17,18,19). The van der Waals surface area contributed by atoms with E-state index in [-0.39, 0.29) is 0 Å². The molecule has 0 saturated carbocycles. The summed E-state index contributed by atoms with van der Waals surface area (Å²) in [6.07, 6.45) is 4.70. The van der Waals surface area contributed by atoms with Gasteiger partial charge in [-0.3, -0.25) is 0 Å². The second kappa shape index (κ2) is 5.39. The highest BCUT2D eigenvalue weighted by Crippen LogP contribution is 2.25. The molecule has 1 aliphatic rings. The molecule has 0 saturated heterocycles. The SMILES string of the molecule is Cc1nc2c(c(NCc3ccccc3)n1)CCCC2. The molecule has 1 aliphatic carbocycles. The second-order valence-corrected chi connectivity index (χ2v) is 5.09. The first-order valence-corrected chi connectivity index (χ1v) is 6.97. The normalized spacial score (nSPS) is 13.9. The van der Waals surface area contributed by atoms with Gasteiger partial charge in [0.1, 0.15) is 11.6 Å². The Morgan fingerprint density at radius 3 is 2.68 bits per heavy atom. The lowest BCUT2D eigenvalue weighted by Crippen LogP contribution is -2.13. The zero-order valence-electron chi connectivity index (χ0n) is 11.3. The summed E-state index contributed by atoms with van der Waals surface area (Å²) in [5.74, 6) is 1.90. The molecule has 0 spiro atoms. The number of aryl methyl sites for hydroxylation is 2. The lowest BCUT2D eigenvalue weighted by molar-refractivity contribution is 0.659. The van der Waals surface area contributed by atoms with E-state index >= 15 is 0 Å². The van der Waals surface area contributed by atoms with Gasteiger partial charge in [-0.2, -0.15) is 0 Å². The van der Waals surface area contributed by atoms with Crippen LogP contribution in [0.4, 0.5) is 5.82 Å². The van der Waals surface area contributed by atoms with Gasteiger partial charge in [0.05, 0.1) is 0 Å². The third-order valence-electron chi connectivity index (χ3n) is 3.60. The van der Waals surface area contributed by atoms with E-state index in [4.69, 9.17) is 0 Å². The first kappa shape index (κ1) is 12.2. The summed E-state index contributed by atoms with van der Waals surface area (Å²) in [6.45, 7) is 2.80. The molecule has 0 aliphatic heterocycles. The molecule has 3 nitrogen and oxygen atoms in total. The Balaban J connectivity index is 1.82. The quantitative estimate of drug-likeness (QED) is 0.912. The van der Waals surface area contributed by atoms with Crippen LogP contribution in [-0.2, 0) is 19.4 Å². The molecule has 1 aromatic heterocycles. The molecule has 0 fully saturated rings. The average molecular weight is 253 g/mol. The first-order valence-electron chi connectivity index (χ1n) is 6.97. The van der Waals surface area contributed by atoms with Gasteiger partial charge in [0.25, 0.3) is 0 Å². The van der Waals surface area contributed by atoms with Crippen molar-refractivity contribution in [1.29, 1.82) is 0 Å². The van der Waals surface area contributed by atoms with Crippen molar-refractivity contribution in [1.82, 2.24) is 9.97 Å². The molecule has 3 rings (SSSR count). The summed E-state index contributed by atoms with van der Waals surface area (Å²) in [5, 5.41) is 3.48. The van der Waals surface area contributed by atoms with Gasteiger partial charge in [-0.1, -0.05) is 30.3 Å². The molecule has 0 amide bonds.